The third kappa shape index (κ3) is 3.65. The Labute approximate surface area is 166 Å². The van der Waals surface area contributed by atoms with E-state index in [0.717, 1.165) is 30.5 Å². The Kier molecular flexibility index (Phi) is 4.91. The van der Waals surface area contributed by atoms with Crippen LogP contribution >= 0.6 is 11.3 Å². The number of amides is 1. The van der Waals surface area contributed by atoms with Crippen molar-refractivity contribution in [2.24, 2.45) is 0 Å². The van der Waals surface area contributed by atoms with Gasteiger partial charge in [0, 0.05) is 12.2 Å². The fraction of sp³-hybridized carbons (Fsp3) is 0.150. The van der Waals surface area contributed by atoms with Gasteiger partial charge >= 0.3 is 0 Å². The second-order valence-electron chi connectivity index (χ2n) is 6.44. The van der Waals surface area contributed by atoms with Gasteiger partial charge in [0.05, 0.1) is 15.5 Å². The average Bonchev–Trinajstić information content (AvgIpc) is 3.22. The summed E-state index contributed by atoms with van der Waals surface area (Å²) in [5, 5.41) is 1.85. The van der Waals surface area contributed by atoms with Gasteiger partial charge in [0.15, 0.2) is 0 Å². The van der Waals surface area contributed by atoms with Gasteiger partial charge in [-0.3, -0.25) is 9.52 Å². The van der Waals surface area contributed by atoms with Crippen LogP contribution in [-0.2, 0) is 16.4 Å². The summed E-state index contributed by atoms with van der Waals surface area (Å²) in [6, 6.07) is 13.4. The van der Waals surface area contributed by atoms with Crippen molar-refractivity contribution in [2.75, 3.05) is 16.2 Å². The standard InChI is InChI=1S/C20H17FN2O3S2/c21-15-6-9-17(10-7-15)28(25,26)22-16-8-5-14-3-1-11-23(18(14)13-16)20(24)19-4-2-12-27-19/h2,4-10,12-13,22H,1,3,11H2. The maximum atomic E-state index is 13.1. The molecule has 28 heavy (non-hydrogen) atoms. The third-order valence-electron chi connectivity index (χ3n) is 4.56. The highest BCUT2D eigenvalue weighted by atomic mass is 32.2. The van der Waals surface area contributed by atoms with Crippen LogP contribution < -0.4 is 9.62 Å². The monoisotopic (exact) mass is 416 g/mol. The molecule has 0 fully saturated rings. The molecule has 0 unspecified atom stereocenters. The van der Waals surface area contributed by atoms with Gasteiger partial charge in [0.2, 0.25) is 0 Å². The second kappa shape index (κ2) is 7.37. The van der Waals surface area contributed by atoms with Crippen molar-refractivity contribution in [3.63, 3.8) is 0 Å². The number of halogens is 1. The highest BCUT2D eigenvalue weighted by Gasteiger charge is 2.25. The first-order valence-electron chi connectivity index (χ1n) is 8.71. The number of nitrogens with zero attached hydrogens (tertiary/aromatic N) is 1. The summed E-state index contributed by atoms with van der Waals surface area (Å²) < 4.78 is 40.7. The summed E-state index contributed by atoms with van der Waals surface area (Å²) in [4.78, 5) is 15.1. The Morgan fingerprint density at radius 2 is 1.89 bits per heavy atom. The SMILES string of the molecule is O=C(c1cccs1)N1CCCc2ccc(NS(=O)(=O)c3ccc(F)cc3)cc21. The molecule has 0 saturated heterocycles. The van der Waals surface area contributed by atoms with Crippen molar-refractivity contribution in [1.82, 2.24) is 0 Å². The Balaban J connectivity index is 1.65. The van der Waals surface area contributed by atoms with E-state index in [1.54, 1.807) is 23.1 Å². The van der Waals surface area contributed by atoms with Gasteiger partial charge in [0.1, 0.15) is 5.82 Å². The minimum Gasteiger partial charge on any atom is -0.307 e. The largest absolute Gasteiger partial charge is 0.307 e. The molecular formula is C20H17FN2O3S2. The van der Waals surface area contributed by atoms with Crippen LogP contribution in [0.5, 0.6) is 0 Å². The lowest BCUT2D eigenvalue weighted by molar-refractivity contribution is 0.0989. The van der Waals surface area contributed by atoms with E-state index in [9.17, 15) is 17.6 Å². The maximum absolute atomic E-state index is 13.1. The van der Waals surface area contributed by atoms with Crippen LogP contribution in [0.15, 0.2) is 64.9 Å². The summed E-state index contributed by atoms with van der Waals surface area (Å²) in [5.41, 5.74) is 2.07. The summed E-state index contributed by atoms with van der Waals surface area (Å²) in [6.45, 7) is 0.581. The zero-order valence-electron chi connectivity index (χ0n) is 14.8. The number of nitrogens with one attached hydrogen (secondary N) is 1. The zero-order chi connectivity index (χ0) is 19.7. The maximum Gasteiger partial charge on any atom is 0.268 e. The molecule has 1 aliphatic rings. The first-order chi connectivity index (χ1) is 13.4. The van der Waals surface area contributed by atoms with Crippen LogP contribution in [-0.4, -0.2) is 20.9 Å². The van der Waals surface area contributed by atoms with Crippen molar-refractivity contribution in [2.45, 2.75) is 17.7 Å². The van der Waals surface area contributed by atoms with Crippen LogP contribution in [0, 0.1) is 5.82 Å². The number of carbonyl (C=O) groups is 1. The molecule has 1 aromatic heterocycles. The lowest BCUT2D eigenvalue weighted by Gasteiger charge is -2.29. The molecule has 5 nitrogen and oxygen atoms in total. The van der Waals surface area contributed by atoms with Gasteiger partial charge in [-0.2, -0.15) is 0 Å². The third-order valence-corrected chi connectivity index (χ3v) is 6.81. The number of thiophene rings is 1. The van der Waals surface area contributed by atoms with E-state index in [4.69, 9.17) is 0 Å². The fourth-order valence-electron chi connectivity index (χ4n) is 3.21. The summed E-state index contributed by atoms with van der Waals surface area (Å²) in [7, 11) is -3.86. The summed E-state index contributed by atoms with van der Waals surface area (Å²) >= 11 is 1.38. The van der Waals surface area contributed by atoms with Crippen molar-refractivity contribution in [3.05, 3.63) is 76.2 Å². The van der Waals surface area contributed by atoms with Crippen LogP contribution in [0.4, 0.5) is 15.8 Å². The first kappa shape index (κ1) is 18.6. The number of hydrogen-bond acceptors (Lipinski definition) is 4. The number of hydrogen-bond donors (Lipinski definition) is 1. The predicted octanol–water partition coefficient (Wildman–Crippen LogP) is 4.28. The molecule has 0 atom stereocenters. The first-order valence-corrected chi connectivity index (χ1v) is 11.1. The Morgan fingerprint density at radius 3 is 2.61 bits per heavy atom. The molecule has 1 N–H and O–H groups in total. The molecule has 144 valence electrons. The van der Waals surface area contributed by atoms with E-state index < -0.39 is 15.8 Å². The van der Waals surface area contributed by atoms with Gasteiger partial charge in [-0.05, 0) is 66.2 Å². The molecule has 8 heteroatoms. The highest BCUT2D eigenvalue weighted by Crippen LogP contribution is 2.32. The molecule has 4 rings (SSSR count). The molecule has 1 aliphatic heterocycles. The van der Waals surface area contributed by atoms with Crippen LogP contribution in [0.3, 0.4) is 0 Å². The van der Waals surface area contributed by atoms with E-state index in [1.165, 1.54) is 23.5 Å². The van der Waals surface area contributed by atoms with Gasteiger partial charge in [-0.25, -0.2) is 12.8 Å². The minimum atomic E-state index is -3.86. The number of benzene rings is 2. The van der Waals surface area contributed by atoms with Gasteiger partial charge < -0.3 is 4.90 Å². The van der Waals surface area contributed by atoms with E-state index in [2.05, 4.69) is 4.72 Å². The van der Waals surface area contributed by atoms with E-state index in [0.29, 0.717) is 22.8 Å². The van der Waals surface area contributed by atoms with Crippen molar-refractivity contribution >= 4 is 38.6 Å². The highest BCUT2D eigenvalue weighted by molar-refractivity contribution is 7.92. The number of aryl methyl sites for hydroxylation is 1. The van der Waals surface area contributed by atoms with E-state index >= 15 is 0 Å². The Morgan fingerprint density at radius 1 is 1.11 bits per heavy atom. The van der Waals surface area contributed by atoms with E-state index in [-0.39, 0.29) is 10.8 Å². The number of fused-ring (bicyclic) bond motifs is 1. The molecule has 1 amide bonds. The quantitative estimate of drug-likeness (QED) is 0.690. The Hall–Kier alpha value is -2.71. The van der Waals surface area contributed by atoms with Crippen LogP contribution in [0.25, 0.3) is 0 Å². The molecule has 3 aromatic rings. The molecule has 2 aromatic carbocycles. The van der Waals surface area contributed by atoms with Gasteiger partial charge in [0.25, 0.3) is 15.9 Å². The zero-order valence-corrected chi connectivity index (χ0v) is 16.4. The van der Waals surface area contributed by atoms with Crippen molar-refractivity contribution < 1.29 is 17.6 Å². The normalized spacial score (nSPS) is 13.8. The summed E-state index contributed by atoms with van der Waals surface area (Å²) in [6.07, 6.45) is 1.68. The average molecular weight is 416 g/mol. The lowest BCUT2D eigenvalue weighted by atomic mass is 10.0. The topological polar surface area (TPSA) is 66.5 Å². The van der Waals surface area contributed by atoms with Crippen molar-refractivity contribution in [1.29, 1.82) is 0 Å². The number of carbonyl (C=O) groups excluding carboxylic acids is 1. The number of anilines is 2. The van der Waals surface area contributed by atoms with Gasteiger partial charge in [-0.1, -0.05) is 12.1 Å². The molecular weight excluding hydrogens is 399 g/mol. The van der Waals surface area contributed by atoms with Gasteiger partial charge in [-0.15, -0.1) is 11.3 Å². The predicted molar refractivity (Wildman–Crippen MR) is 108 cm³/mol. The summed E-state index contributed by atoms with van der Waals surface area (Å²) in [5.74, 6) is -0.593. The molecule has 0 spiro atoms. The molecule has 0 bridgehead atoms. The number of rotatable bonds is 4. The fourth-order valence-corrected chi connectivity index (χ4v) is 4.93. The molecule has 0 aliphatic carbocycles. The number of sulfonamides is 1. The Bertz CT molecular complexity index is 1110. The minimum absolute atomic E-state index is 0.0295. The molecule has 0 saturated carbocycles. The second-order valence-corrected chi connectivity index (χ2v) is 9.07. The smallest absolute Gasteiger partial charge is 0.268 e. The van der Waals surface area contributed by atoms with Crippen molar-refractivity contribution in [3.8, 4) is 0 Å². The van der Waals surface area contributed by atoms with Crippen LogP contribution in [0.1, 0.15) is 21.7 Å². The van der Waals surface area contributed by atoms with E-state index in [1.807, 2.05) is 17.5 Å². The lowest BCUT2D eigenvalue weighted by Crippen LogP contribution is -2.35. The molecule has 0 radical (unpaired) electrons. The van der Waals surface area contributed by atoms with Crippen LogP contribution in [0.2, 0.25) is 0 Å². The molecule has 2 heterocycles.